The second kappa shape index (κ2) is 7.56. The van der Waals surface area contributed by atoms with Crippen LogP contribution >= 0.6 is 11.6 Å². The summed E-state index contributed by atoms with van der Waals surface area (Å²) >= 11 is 5.81. The van der Waals surface area contributed by atoms with Crippen molar-refractivity contribution in [3.63, 3.8) is 0 Å². The summed E-state index contributed by atoms with van der Waals surface area (Å²) in [5, 5.41) is 6.37. The fourth-order valence-corrected chi connectivity index (χ4v) is 1.67. The molecule has 0 saturated carbocycles. The van der Waals surface area contributed by atoms with Gasteiger partial charge in [-0.1, -0.05) is 11.6 Å². The first-order chi connectivity index (χ1) is 10.2. The molecule has 1 aromatic carbocycles. The molecule has 0 atom stereocenters. The number of nitrogens with zero attached hydrogens (tertiary/aromatic N) is 2. The van der Waals surface area contributed by atoms with Crippen molar-refractivity contribution < 1.29 is 9.53 Å². The Morgan fingerprint density at radius 3 is 2.52 bits per heavy atom. The number of nitrogens with one attached hydrogen (secondary N) is 2. The lowest BCUT2D eigenvalue weighted by atomic mass is 10.3. The van der Waals surface area contributed by atoms with E-state index in [0.29, 0.717) is 29.7 Å². The van der Waals surface area contributed by atoms with Gasteiger partial charge in [0.1, 0.15) is 0 Å². The first kappa shape index (κ1) is 15.2. The number of ether oxygens (including phenoxy) is 1. The summed E-state index contributed by atoms with van der Waals surface area (Å²) in [6.07, 6.45) is 2.93. The van der Waals surface area contributed by atoms with E-state index in [4.69, 9.17) is 16.3 Å². The van der Waals surface area contributed by atoms with E-state index in [-0.39, 0.29) is 5.91 Å². The number of halogens is 1. The number of amides is 1. The normalized spacial score (nSPS) is 10.2. The van der Waals surface area contributed by atoms with Gasteiger partial charge >= 0.3 is 0 Å². The number of carbonyl (C=O) groups is 1. The van der Waals surface area contributed by atoms with Crippen LogP contribution in [0.15, 0.2) is 36.7 Å². The maximum absolute atomic E-state index is 11.7. The minimum absolute atomic E-state index is 0.231. The van der Waals surface area contributed by atoms with E-state index in [2.05, 4.69) is 20.6 Å². The predicted octanol–water partition coefficient (Wildman–Crippen LogP) is 2.25. The molecular weight excluding hydrogens is 292 g/mol. The molecule has 6 nitrogen and oxygen atoms in total. The van der Waals surface area contributed by atoms with Crippen LogP contribution in [-0.2, 0) is 4.74 Å². The zero-order valence-electron chi connectivity index (χ0n) is 11.5. The fraction of sp³-hybridized carbons (Fsp3) is 0.214. The number of carbonyl (C=O) groups excluding carboxylic acids is 1. The van der Waals surface area contributed by atoms with Gasteiger partial charge in [-0.15, -0.1) is 0 Å². The van der Waals surface area contributed by atoms with Crippen molar-refractivity contribution in [3.05, 3.63) is 47.2 Å². The van der Waals surface area contributed by atoms with Gasteiger partial charge in [-0.05, 0) is 24.3 Å². The van der Waals surface area contributed by atoms with Crippen LogP contribution in [0.3, 0.4) is 0 Å². The summed E-state index contributed by atoms with van der Waals surface area (Å²) in [5.41, 5.74) is 1.21. The van der Waals surface area contributed by atoms with Gasteiger partial charge < -0.3 is 15.4 Å². The molecule has 1 amide bonds. The predicted molar refractivity (Wildman–Crippen MR) is 81.0 cm³/mol. The number of rotatable bonds is 6. The average molecular weight is 307 g/mol. The molecule has 110 valence electrons. The smallest absolute Gasteiger partial charge is 0.254 e. The molecule has 7 heteroatoms. The number of methoxy groups -OCH3 is 1. The lowest BCUT2D eigenvalue weighted by Crippen LogP contribution is -2.27. The monoisotopic (exact) mass is 306 g/mol. The molecular formula is C14H15ClN4O2. The second-order valence-corrected chi connectivity index (χ2v) is 4.61. The molecule has 1 heterocycles. The molecule has 21 heavy (non-hydrogen) atoms. The third-order valence-corrected chi connectivity index (χ3v) is 2.86. The fourth-order valence-electron chi connectivity index (χ4n) is 1.54. The number of aromatic nitrogens is 2. The molecule has 2 rings (SSSR count). The Morgan fingerprint density at radius 1 is 1.24 bits per heavy atom. The molecule has 1 aromatic heterocycles. The van der Waals surface area contributed by atoms with Gasteiger partial charge in [-0.25, -0.2) is 9.97 Å². The molecule has 0 unspecified atom stereocenters. The maximum Gasteiger partial charge on any atom is 0.254 e. The highest BCUT2D eigenvalue weighted by Gasteiger charge is 2.06. The van der Waals surface area contributed by atoms with Gasteiger partial charge in [0.2, 0.25) is 5.95 Å². The van der Waals surface area contributed by atoms with Gasteiger partial charge in [-0.3, -0.25) is 4.79 Å². The zero-order chi connectivity index (χ0) is 15.1. The second-order valence-electron chi connectivity index (χ2n) is 4.18. The van der Waals surface area contributed by atoms with Crippen molar-refractivity contribution in [2.75, 3.05) is 25.6 Å². The van der Waals surface area contributed by atoms with Crippen LogP contribution in [0, 0.1) is 0 Å². The molecule has 0 spiro atoms. The Labute approximate surface area is 127 Å². The van der Waals surface area contributed by atoms with E-state index >= 15 is 0 Å². The summed E-state index contributed by atoms with van der Waals surface area (Å²) < 4.78 is 4.86. The van der Waals surface area contributed by atoms with Gasteiger partial charge in [0.05, 0.1) is 12.2 Å². The van der Waals surface area contributed by atoms with Crippen molar-refractivity contribution in [1.29, 1.82) is 0 Å². The van der Waals surface area contributed by atoms with Crippen molar-refractivity contribution in [1.82, 2.24) is 15.3 Å². The Balaban J connectivity index is 1.95. The molecule has 2 N–H and O–H groups in total. The standard InChI is InChI=1S/C14H15ClN4O2/c1-21-7-6-16-13(20)10-8-17-14(18-9-10)19-12-4-2-11(15)3-5-12/h2-5,8-9H,6-7H2,1H3,(H,16,20)(H,17,18,19). The van der Waals surface area contributed by atoms with Crippen molar-refractivity contribution >= 4 is 29.1 Å². The van der Waals surface area contributed by atoms with Crippen LogP contribution in [0.5, 0.6) is 0 Å². The van der Waals surface area contributed by atoms with Gasteiger partial charge in [0, 0.05) is 36.8 Å². The Hall–Kier alpha value is -2.18. The number of hydrogen-bond acceptors (Lipinski definition) is 5. The summed E-state index contributed by atoms with van der Waals surface area (Å²) in [4.78, 5) is 19.9. The topological polar surface area (TPSA) is 76.1 Å². The van der Waals surface area contributed by atoms with Gasteiger partial charge in [0.25, 0.3) is 5.91 Å². The van der Waals surface area contributed by atoms with Crippen LogP contribution in [0.25, 0.3) is 0 Å². The lowest BCUT2D eigenvalue weighted by molar-refractivity contribution is 0.0936. The molecule has 0 saturated heterocycles. The molecule has 0 bridgehead atoms. The van der Waals surface area contributed by atoms with E-state index in [1.165, 1.54) is 12.4 Å². The third-order valence-electron chi connectivity index (χ3n) is 2.61. The quantitative estimate of drug-likeness (QED) is 0.801. The minimum atomic E-state index is -0.231. The zero-order valence-corrected chi connectivity index (χ0v) is 12.2. The summed E-state index contributed by atoms with van der Waals surface area (Å²) in [6.45, 7) is 0.906. The summed E-state index contributed by atoms with van der Waals surface area (Å²) in [5.74, 6) is 0.177. The van der Waals surface area contributed by atoms with Crippen LogP contribution in [0.2, 0.25) is 5.02 Å². The van der Waals surface area contributed by atoms with Crippen molar-refractivity contribution in [2.45, 2.75) is 0 Å². The minimum Gasteiger partial charge on any atom is -0.383 e. The van der Waals surface area contributed by atoms with E-state index in [0.717, 1.165) is 5.69 Å². The molecule has 0 aliphatic rings. The molecule has 0 radical (unpaired) electrons. The first-order valence-electron chi connectivity index (χ1n) is 6.31. The van der Waals surface area contributed by atoms with Crippen LogP contribution in [-0.4, -0.2) is 36.1 Å². The molecule has 2 aromatic rings. The van der Waals surface area contributed by atoms with Crippen molar-refractivity contribution in [3.8, 4) is 0 Å². The number of hydrogen-bond donors (Lipinski definition) is 2. The molecule has 0 aliphatic heterocycles. The number of benzene rings is 1. The summed E-state index contributed by atoms with van der Waals surface area (Å²) in [6, 6.07) is 7.16. The van der Waals surface area contributed by atoms with Gasteiger partial charge in [0.15, 0.2) is 0 Å². The SMILES string of the molecule is COCCNC(=O)c1cnc(Nc2ccc(Cl)cc2)nc1. The van der Waals surface area contributed by atoms with E-state index in [1.54, 1.807) is 19.2 Å². The average Bonchev–Trinajstić information content (AvgIpc) is 2.50. The van der Waals surface area contributed by atoms with Crippen LogP contribution < -0.4 is 10.6 Å². The largest absolute Gasteiger partial charge is 0.383 e. The Bertz CT molecular complexity index is 587. The number of anilines is 2. The van der Waals surface area contributed by atoms with E-state index < -0.39 is 0 Å². The molecule has 0 aliphatic carbocycles. The van der Waals surface area contributed by atoms with Crippen LogP contribution in [0.4, 0.5) is 11.6 Å². The van der Waals surface area contributed by atoms with Gasteiger partial charge in [-0.2, -0.15) is 0 Å². The Kier molecular flexibility index (Phi) is 5.48. The highest BCUT2D eigenvalue weighted by Crippen LogP contribution is 2.16. The maximum atomic E-state index is 11.7. The first-order valence-corrected chi connectivity index (χ1v) is 6.68. The summed E-state index contributed by atoms with van der Waals surface area (Å²) in [7, 11) is 1.58. The highest BCUT2D eigenvalue weighted by atomic mass is 35.5. The highest BCUT2D eigenvalue weighted by molar-refractivity contribution is 6.30. The van der Waals surface area contributed by atoms with Crippen molar-refractivity contribution in [2.24, 2.45) is 0 Å². The Morgan fingerprint density at radius 2 is 1.90 bits per heavy atom. The van der Waals surface area contributed by atoms with E-state index in [1.807, 2.05) is 12.1 Å². The van der Waals surface area contributed by atoms with Crippen LogP contribution in [0.1, 0.15) is 10.4 Å². The lowest BCUT2D eigenvalue weighted by Gasteiger charge is -2.06. The van der Waals surface area contributed by atoms with E-state index in [9.17, 15) is 4.79 Å². The third kappa shape index (κ3) is 4.70. The molecule has 0 fully saturated rings.